The summed E-state index contributed by atoms with van der Waals surface area (Å²) in [6.45, 7) is 7.15. The van der Waals surface area contributed by atoms with Crippen LogP contribution in [-0.2, 0) is 11.3 Å². The molecule has 7 rings (SSSR count). The Bertz CT molecular complexity index is 1880. The zero-order valence-corrected chi connectivity index (χ0v) is 25.9. The molecule has 0 amide bonds. The van der Waals surface area contributed by atoms with Crippen LogP contribution in [0, 0.1) is 11.3 Å². The van der Waals surface area contributed by atoms with Crippen LogP contribution in [0.2, 0.25) is 0 Å². The van der Waals surface area contributed by atoms with Crippen LogP contribution in [0.5, 0.6) is 5.88 Å². The molecule has 0 bridgehead atoms. The Morgan fingerprint density at radius 3 is 2.39 bits per heavy atom. The molecule has 234 valence electrons. The third-order valence-corrected chi connectivity index (χ3v) is 9.12. The van der Waals surface area contributed by atoms with E-state index in [0.29, 0.717) is 18.1 Å². The molecule has 0 spiro atoms. The van der Waals surface area contributed by atoms with E-state index in [-0.39, 0.29) is 11.7 Å². The third-order valence-electron chi connectivity index (χ3n) is 9.12. The average molecular weight is 615 g/mol. The van der Waals surface area contributed by atoms with Crippen molar-refractivity contribution in [3.63, 3.8) is 0 Å². The highest BCUT2D eigenvalue weighted by atomic mass is 16.5. The fourth-order valence-electron chi connectivity index (χ4n) is 6.64. The number of aromatic nitrogens is 3. The van der Waals surface area contributed by atoms with E-state index in [0.717, 1.165) is 98.7 Å². The Balaban J connectivity index is 1.07. The monoisotopic (exact) mass is 614 g/mol. The number of aromatic amines is 1. The topological polar surface area (TPSA) is 99.4 Å². The molecule has 0 atom stereocenters. The molecule has 5 aromatic rings. The molecular formula is C37H38N6O3. The van der Waals surface area contributed by atoms with Crippen LogP contribution in [0.25, 0.3) is 33.4 Å². The smallest absolute Gasteiger partial charge is 0.326 e. The largest absolute Gasteiger partial charge is 0.475 e. The van der Waals surface area contributed by atoms with Gasteiger partial charge in [-0.2, -0.15) is 5.26 Å². The van der Waals surface area contributed by atoms with Crippen LogP contribution >= 0.6 is 0 Å². The molecule has 0 saturated carbocycles. The summed E-state index contributed by atoms with van der Waals surface area (Å²) >= 11 is 0. The Kier molecular flexibility index (Phi) is 8.92. The van der Waals surface area contributed by atoms with Crippen molar-refractivity contribution in [3.8, 4) is 34.3 Å². The Hall–Kier alpha value is -4.75. The Morgan fingerprint density at radius 1 is 0.891 bits per heavy atom. The molecule has 3 aromatic carbocycles. The number of piperidine rings is 1. The van der Waals surface area contributed by atoms with Gasteiger partial charge in [0.15, 0.2) is 0 Å². The summed E-state index contributed by atoms with van der Waals surface area (Å²) in [6, 6.07) is 31.0. The van der Waals surface area contributed by atoms with Gasteiger partial charge in [-0.1, -0.05) is 66.7 Å². The van der Waals surface area contributed by atoms with Crippen LogP contribution in [-0.4, -0.2) is 76.9 Å². The molecule has 2 fully saturated rings. The average Bonchev–Trinajstić information content (AvgIpc) is 3.45. The van der Waals surface area contributed by atoms with Crippen LogP contribution in [0.1, 0.15) is 30.0 Å². The fourth-order valence-corrected chi connectivity index (χ4v) is 6.64. The van der Waals surface area contributed by atoms with Gasteiger partial charge in [0, 0.05) is 56.4 Å². The molecule has 2 aliphatic rings. The second kappa shape index (κ2) is 13.7. The number of benzene rings is 3. The first-order valence-electron chi connectivity index (χ1n) is 16.1. The molecule has 46 heavy (non-hydrogen) atoms. The van der Waals surface area contributed by atoms with Crippen molar-refractivity contribution in [1.29, 1.82) is 5.26 Å². The zero-order valence-electron chi connectivity index (χ0n) is 25.9. The molecule has 2 aromatic heterocycles. The molecule has 9 heteroatoms. The molecule has 1 N–H and O–H groups in total. The van der Waals surface area contributed by atoms with Gasteiger partial charge in [0.05, 0.1) is 29.9 Å². The minimum absolute atomic E-state index is 0.0211. The van der Waals surface area contributed by atoms with Crippen molar-refractivity contribution in [3.05, 3.63) is 107 Å². The number of fused-ring (bicyclic) bond motifs is 1. The van der Waals surface area contributed by atoms with E-state index in [1.165, 1.54) is 5.56 Å². The highest BCUT2D eigenvalue weighted by molar-refractivity contribution is 5.82. The van der Waals surface area contributed by atoms with Gasteiger partial charge in [-0.25, -0.2) is 9.78 Å². The maximum absolute atomic E-state index is 12.7. The molecule has 0 aliphatic carbocycles. The number of pyridine rings is 1. The first-order chi connectivity index (χ1) is 22.7. The number of nitrogens with one attached hydrogen (secondary N) is 1. The number of nitriles is 1. The molecule has 2 aliphatic heterocycles. The van der Waals surface area contributed by atoms with E-state index in [1.807, 2.05) is 65.2 Å². The Morgan fingerprint density at radius 2 is 1.63 bits per heavy atom. The lowest BCUT2D eigenvalue weighted by molar-refractivity contribution is 0.0320. The van der Waals surface area contributed by atoms with Gasteiger partial charge in [0.25, 0.3) is 0 Å². The summed E-state index contributed by atoms with van der Waals surface area (Å²) in [5, 5.41) is 10.0. The number of imidazole rings is 1. The van der Waals surface area contributed by atoms with Crippen molar-refractivity contribution in [2.24, 2.45) is 0 Å². The number of ether oxygens (including phenoxy) is 2. The van der Waals surface area contributed by atoms with Crippen molar-refractivity contribution in [2.45, 2.75) is 25.4 Å². The summed E-state index contributed by atoms with van der Waals surface area (Å²) in [6.07, 6.45) is 1.87. The summed E-state index contributed by atoms with van der Waals surface area (Å²) in [5.41, 5.74) is 7.19. The van der Waals surface area contributed by atoms with Gasteiger partial charge in [-0.05, 0) is 42.2 Å². The van der Waals surface area contributed by atoms with Crippen molar-refractivity contribution >= 4 is 11.0 Å². The third kappa shape index (κ3) is 6.46. The number of likely N-dealkylation sites (tertiary alicyclic amines) is 1. The lowest BCUT2D eigenvalue weighted by Crippen LogP contribution is -2.38. The van der Waals surface area contributed by atoms with Gasteiger partial charge < -0.3 is 14.5 Å². The first-order valence-corrected chi connectivity index (χ1v) is 16.1. The second-order valence-electron chi connectivity index (χ2n) is 12.0. The highest BCUT2D eigenvalue weighted by Gasteiger charge is 2.24. The van der Waals surface area contributed by atoms with E-state index in [1.54, 1.807) is 0 Å². The lowest BCUT2D eigenvalue weighted by atomic mass is 9.97. The Labute approximate surface area is 268 Å². The SMILES string of the molecule is N#Cc1cc(-c2ccccc2)c(-c2ccc(CN3CCC(n4c(=O)[nH]c5ccccc54)CC3)cc2)nc1OCCN1CCOCC1. The van der Waals surface area contributed by atoms with Crippen LogP contribution in [0.15, 0.2) is 89.7 Å². The maximum atomic E-state index is 12.7. The summed E-state index contributed by atoms with van der Waals surface area (Å²) in [4.78, 5) is 25.4. The number of H-pyrrole nitrogens is 1. The predicted octanol–water partition coefficient (Wildman–Crippen LogP) is 5.48. The number of nitrogens with zero attached hydrogens (tertiary/aromatic N) is 5. The van der Waals surface area contributed by atoms with Gasteiger partial charge in [0.1, 0.15) is 18.2 Å². The minimum atomic E-state index is -0.0211. The number of para-hydroxylation sites is 2. The van der Waals surface area contributed by atoms with Crippen LogP contribution < -0.4 is 10.4 Å². The van der Waals surface area contributed by atoms with E-state index < -0.39 is 0 Å². The molecule has 2 saturated heterocycles. The standard InChI is InChI=1S/C37H38N6O3/c38-25-30-24-32(28-6-2-1-3-7-28)35(40-36(30)46-23-20-41-18-21-45-22-19-41)29-12-10-27(11-13-29)26-42-16-14-31(15-17-42)43-34-9-5-4-8-33(34)39-37(43)44/h1-13,24,31H,14-23,26H2,(H,39,44). The molecule has 0 unspecified atom stereocenters. The van der Waals surface area contributed by atoms with E-state index in [4.69, 9.17) is 14.5 Å². The first kappa shape index (κ1) is 29.9. The molecular weight excluding hydrogens is 576 g/mol. The predicted molar refractivity (Wildman–Crippen MR) is 179 cm³/mol. The van der Waals surface area contributed by atoms with Gasteiger partial charge >= 0.3 is 5.69 Å². The highest BCUT2D eigenvalue weighted by Crippen LogP contribution is 2.35. The van der Waals surface area contributed by atoms with Gasteiger partial charge in [0.2, 0.25) is 5.88 Å². The zero-order chi connectivity index (χ0) is 31.3. The van der Waals surface area contributed by atoms with E-state index >= 15 is 0 Å². The lowest BCUT2D eigenvalue weighted by Gasteiger charge is -2.32. The quantitative estimate of drug-likeness (QED) is 0.235. The van der Waals surface area contributed by atoms with Crippen molar-refractivity contribution < 1.29 is 9.47 Å². The van der Waals surface area contributed by atoms with Crippen molar-refractivity contribution in [2.75, 3.05) is 52.5 Å². The van der Waals surface area contributed by atoms with E-state index in [9.17, 15) is 10.1 Å². The van der Waals surface area contributed by atoms with Crippen LogP contribution in [0.3, 0.4) is 0 Å². The maximum Gasteiger partial charge on any atom is 0.326 e. The molecule has 4 heterocycles. The molecule has 0 radical (unpaired) electrons. The second-order valence-corrected chi connectivity index (χ2v) is 12.0. The normalized spacial score (nSPS) is 16.4. The van der Waals surface area contributed by atoms with E-state index in [2.05, 4.69) is 45.1 Å². The summed E-state index contributed by atoms with van der Waals surface area (Å²) in [5.74, 6) is 0.367. The summed E-state index contributed by atoms with van der Waals surface area (Å²) in [7, 11) is 0. The number of rotatable bonds is 9. The van der Waals surface area contributed by atoms with Gasteiger partial charge in [-0.3, -0.25) is 14.4 Å². The summed E-state index contributed by atoms with van der Waals surface area (Å²) < 4.78 is 13.5. The number of hydrogen-bond donors (Lipinski definition) is 1. The van der Waals surface area contributed by atoms with Crippen molar-refractivity contribution in [1.82, 2.24) is 24.3 Å². The van der Waals surface area contributed by atoms with Crippen LogP contribution in [0.4, 0.5) is 0 Å². The number of morpholine rings is 1. The van der Waals surface area contributed by atoms with Gasteiger partial charge in [-0.15, -0.1) is 0 Å². The minimum Gasteiger partial charge on any atom is -0.475 e. The number of hydrogen-bond acceptors (Lipinski definition) is 7. The fraction of sp³-hybridized carbons (Fsp3) is 0.324. The molecule has 9 nitrogen and oxygen atoms in total.